The third-order valence-corrected chi connectivity index (χ3v) is 4.41. The predicted octanol–water partition coefficient (Wildman–Crippen LogP) is 1.65. The number of halogens is 1. The Morgan fingerprint density at radius 1 is 1.67 bits per heavy atom. The van der Waals surface area contributed by atoms with E-state index in [2.05, 4.69) is 38.1 Å². The van der Waals surface area contributed by atoms with Crippen LogP contribution in [0.4, 0.5) is 0 Å². The summed E-state index contributed by atoms with van der Waals surface area (Å²) in [6.45, 7) is 4.36. The summed E-state index contributed by atoms with van der Waals surface area (Å²) in [5, 5.41) is 3.04. The van der Waals surface area contributed by atoms with E-state index in [4.69, 9.17) is 4.42 Å². The number of hydrogen-bond donors (Lipinski definition) is 1. The first-order valence-corrected chi connectivity index (χ1v) is 7.09. The van der Waals surface area contributed by atoms with Crippen LogP contribution in [-0.4, -0.2) is 41.0 Å². The lowest BCUT2D eigenvalue weighted by Gasteiger charge is -2.48. The summed E-state index contributed by atoms with van der Waals surface area (Å²) < 4.78 is 5.65. The average molecular weight is 314 g/mol. The lowest BCUT2D eigenvalue weighted by Crippen LogP contribution is -2.60. The molecule has 0 aromatic carbocycles. The average Bonchev–Trinajstić information content (AvgIpc) is 2.77. The number of carbonyl (C=O) groups is 1. The van der Waals surface area contributed by atoms with Crippen LogP contribution in [0.5, 0.6) is 0 Å². The van der Waals surface area contributed by atoms with Gasteiger partial charge in [-0.25, -0.2) is 4.98 Å². The van der Waals surface area contributed by atoms with E-state index in [0.29, 0.717) is 16.6 Å². The molecule has 1 amide bonds. The molecule has 0 radical (unpaired) electrons. The first kappa shape index (κ1) is 12.2. The van der Waals surface area contributed by atoms with Crippen LogP contribution in [0.25, 0.3) is 0 Å². The van der Waals surface area contributed by atoms with Crippen LogP contribution in [0, 0.1) is 5.92 Å². The monoisotopic (exact) mass is 313 g/mol. The van der Waals surface area contributed by atoms with Crippen molar-refractivity contribution in [3.05, 3.63) is 16.8 Å². The van der Waals surface area contributed by atoms with Gasteiger partial charge >= 0.3 is 5.91 Å². The maximum absolute atomic E-state index is 12.0. The SMILES string of the molecule is CC1CC2CCN1C[C@@H]2NC(=O)c1ncc(Br)o1. The molecule has 5 nitrogen and oxygen atoms in total. The van der Waals surface area contributed by atoms with Gasteiger partial charge in [-0.3, -0.25) is 9.69 Å². The van der Waals surface area contributed by atoms with Crippen LogP contribution in [0.1, 0.15) is 30.5 Å². The summed E-state index contributed by atoms with van der Waals surface area (Å²) >= 11 is 3.15. The van der Waals surface area contributed by atoms with E-state index in [-0.39, 0.29) is 17.8 Å². The summed E-state index contributed by atoms with van der Waals surface area (Å²) in [5.74, 6) is 0.505. The highest BCUT2D eigenvalue weighted by Gasteiger charge is 2.39. The highest BCUT2D eigenvalue weighted by Crippen LogP contribution is 2.32. The lowest BCUT2D eigenvalue weighted by molar-refractivity contribution is 0.0267. The topological polar surface area (TPSA) is 58.4 Å². The summed E-state index contributed by atoms with van der Waals surface area (Å²) in [6.07, 6.45) is 3.83. The number of nitrogens with one attached hydrogen (secondary N) is 1. The van der Waals surface area contributed by atoms with E-state index in [9.17, 15) is 4.79 Å². The molecule has 3 unspecified atom stereocenters. The molecule has 0 aliphatic carbocycles. The standard InChI is InChI=1S/C12H16BrN3O2/c1-7-4-8-2-3-16(7)6-9(8)15-11(17)12-14-5-10(13)18-12/h5,7-9H,2-4,6H2,1H3,(H,15,17)/t7?,8?,9-/m0/s1. The molecule has 1 N–H and O–H groups in total. The first-order chi connectivity index (χ1) is 8.63. The third-order valence-electron chi connectivity index (χ3n) is 4.04. The van der Waals surface area contributed by atoms with E-state index >= 15 is 0 Å². The Bertz CT molecular complexity index is 462. The van der Waals surface area contributed by atoms with E-state index in [1.165, 1.54) is 19.0 Å². The molecule has 4 rings (SSSR count). The molecule has 4 heterocycles. The minimum atomic E-state index is -0.216. The molecule has 0 saturated carbocycles. The second-order valence-electron chi connectivity index (χ2n) is 5.18. The molecule has 2 bridgehead atoms. The number of nitrogens with zero attached hydrogens (tertiary/aromatic N) is 2. The molecule has 1 aromatic heterocycles. The molecule has 98 valence electrons. The van der Waals surface area contributed by atoms with Crippen LogP contribution in [0.3, 0.4) is 0 Å². The van der Waals surface area contributed by atoms with Crippen LogP contribution in [-0.2, 0) is 0 Å². The van der Waals surface area contributed by atoms with Gasteiger partial charge in [0.25, 0.3) is 5.89 Å². The van der Waals surface area contributed by atoms with Crippen LogP contribution in [0.15, 0.2) is 15.3 Å². The Morgan fingerprint density at radius 2 is 2.50 bits per heavy atom. The van der Waals surface area contributed by atoms with Crippen molar-refractivity contribution in [2.75, 3.05) is 13.1 Å². The van der Waals surface area contributed by atoms with Gasteiger partial charge < -0.3 is 9.73 Å². The van der Waals surface area contributed by atoms with Gasteiger partial charge in [-0.2, -0.15) is 0 Å². The molecule has 3 saturated heterocycles. The Kier molecular flexibility index (Phi) is 3.15. The van der Waals surface area contributed by atoms with Gasteiger partial charge in [0.15, 0.2) is 4.67 Å². The Balaban J connectivity index is 1.65. The van der Waals surface area contributed by atoms with Crippen molar-refractivity contribution in [2.24, 2.45) is 5.92 Å². The van der Waals surface area contributed by atoms with Crippen molar-refractivity contribution in [3.63, 3.8) is 0 Å². The first-order valence-electron chi connectivity index (χ1n) is 6.29. The number of aromatic nitrogens is 1. The molecule has 4 atom stereocenters. The van der Waals surface area contributed by atoms with Gasteiger partial charge in [0.05, 0.1) is 6.20 Å². The second-order valence-corrected chi connectivity index (χ2v) is 5.96. The fourth-order valence-electron chi connectivity index (χ4n) is 3.05. The summed E-state index contributed by atoms with van der Waals surface area (Å²) in [5.41, 5.74) is 0. The zero-order chi connectivity index (χ0) is 12.7. The molecule has 18 heavy (non-hydrogen) atoms. The van der Waals surface area contributed by atoms with Crippen molar-refractivity contribution in [3.8, 4) is 0 Å². The van der Waals surface area contributed by atoms with Crippen molar-refractivity contribution >= 4 is 21.8 Å². The minimum absolute atomic E-state index is 0.131. The number of amides is 1. The van der Waals surface area contributed by atoms with Gasteiger partial charge in [-0.1, -0.05) is 0 Å². The number of fused-ring (bicyclic) bond motifs is 3. The van der Waals surface area contributed by atoms with Crippen molar-refractivity contribution in [1.82, 2.24) is 15.2 Å². The van der Waals surface area contributed by atoms with E-state index in [0.717, 1.165) is 13.1 Å². The van der Waals surface area contributed by atoms with Gasteiger partial charge in [0.1, 0.15) is 0 Å². The molecular formula is C12H16BrN3O2. The van der Waals surface area contributed by atoms with Gasteiger partial charge in [-0.05, 0) is 48.2 Å². The second kappa shape index (κ2) is 4.66. The summed E-state index contributed by atoms with van der Waals surface area (Å²) in [4.78, 5) is 18.3. The number of hydrogen-bond acceptors (Lipinski definition) is 4. The molecule has 3 aliphatic rings. The highest BCUT2D eigenvalue weighted by atomic mass is 79.9. The molecule has 3 fully saturated rings. The number of carbonyl (C=O) groups excluding carboxylic acids is 1. The quantitative estimate of drug-likeness (QED) is 0.902. The maximum atomic E-state index is 12.0. The van der Waals surface area contributed by atoms with E-state index in [1.54, 1.807) is 0 Å². The van der Waals surface area contributed by atoms with Crippen molar-refractivity contribution in [2.45, 2.75) is 31.8 Å². The minimum Gasteiger partial charge on any atom is -0.425 e. The maximum Gasteiger partial charge on any atom is 0.307 e. The van der Waals surface area contributed by atoms with E-state index in [1.807, 2.05) is 0 Å². The summed E-state index contributed by atoms with van der Waals surface area (Å²) in [7, 11) is 0. The van der Waals surface area contributed by atoms with Crippen LogP contribution in [0.2, 0.25) is 0 Å². The van der Waals surface area contributed by atoms with Crippen molar-refractivity contribution in [1.29, 1.82) is 0 Å². The lowest BCUT2D eigenvalue weighted by atomic mass is 9.80. The van der Waals surface area contributed by atoms with Crippen molar-refractivity contribution < 1.29 is 9.21 Å². The van der Waals surface area contributed by atoms with Gasteiger partial charge in [0, 0.05) is 18.6 Å². The van der Waals surface area contributed by atoms with Gasteiger partial charge in [0.2, 0.25) is 0 Å². The van der Waals surface area contributed by atoms with Crippen LogP contribution < -0.4 is 5.32 Å². The van der Waals surface area contributed by atoms with E-state index < -0.39 is 0 Å². The fraction of sp³-hybridized carbons (Fsp3) is 0.667. The van der Waals surface area contributed by atoms with Crippen LogP contribution >= 0.6 is 15.9 Å². The number of rotatable bonds is 2. The smallest absolute Gasteiger partial charge is 0.307 e. The highest BCUT2D eigenvalue weighted by molar-refractivity contribution is 9.10. The fourth-order valence-corrected chi connectivity index (χ4v) is 3.30. The predicted molar refractivity (Wildman–Crippen MR) is 69.2 cm³/mol. The largest absolute Gasteiger partial charge is 0.425 e. The number of piperidine rings is 3. The molecule has 0 spiro atoms. The number of oxazole rings is 1. The zero-order valence-electron chi connectivity index (χ0n) is 10.2. The molecule has 6 heteroatoms. The summed E-state index contributed by atoms with van der Waals surface area (Å²) in [6, 6.07) is 0.876. The normalized spacial score (nSPS) is 34.6. The third kappa shape index (κ3) is 2.19. The molecule has 1 aromatic rings. The Morgan fingerprint density at radius 3 is 3.06 bits per heavy atom. The molecular weight excluding hydrogens is 298 g/mol. The Labute approximate surface area is 114 Å². The molecule has 3 aliphatic heterocycles. The Hall–Kier alpha value is -0.880. The zero-order valence-corrected chi connectivity index (χ0v) is 11.8. The van der Waals surface area contributed by atoms with Gasteiger partial charge in [-0.15, -0.1) is 0 Å².